The van der Waals surface area contributed by atoms with E-state index in [1.807, 2.05) is 61.5 Å². The molecule has 0 bridgehead atoms. The van der Waals surface area contributed by atoms with Crippen molar-refractivity contribution in [3.63, 3.8) is 0 Å². The van der Waals surface area contributed by atoms with Crippen LogP contribution >= 0.6 is 0 Å². The molecule has 23 heavy (non-hydrogen) atoms. The second-order valence-corrected chi connectivity index (χ2v) is 5.61. The average molecular weight is 306 g/mol. The number of carbonyl (C=O) groups is 2. The van der Waals surface area contributed by atoms with Crippen LogP contribution in [0.15, 0.2) is 54.6 Å². The van der Waals surface area contributed by atoms with Gasteiger partial charge in [-0.3, -0.25) is 9.59 Å². The second kappa shape index (κ2) is 6.08. The van der Waals surface area contributed by atoms with Gasteiger partial charge in [0.1, 0.15) is 0 Å². The highest BCUT2D eigenvalue weighted by Gasteiger charge is 2.23. The maximum absolute atomic E-state index is 12.6. The van der Waals surface area contributed by atoms with Gasteiger partial charge >= 0.3 is 0 Å². The smallest absolute Gasteiger partial charge is 0.292 e. The van der Waals surface area contributed by atoms with E-state index in [9.17, 15) is 9.59 Å². The minimum Gasteiger partial charge on any atom is -0.358 e. The number of carbonyl (C=O) groups excluding carboxylic acids is 2. The van der Waals surface area contributed by atoms with Crippen molar-refractivity contribution in [1.82, 2.24) is 10.3 Å². The summed E-state index contributed by atoms with van der Waals surface area (Å²) in [5, 5.41) is 3.55. The standard InChI is InChI=1S/C19H18N2O2/c1-12(14-8-4-3-5-9-14)21-19(23)18(22)17-13(2)20-16-11-7-6-10-15(16)17/h3-12,20H,1-2H3,(H,21,23)/t12-/m1/s1. The lowest BCUT2D eigenvalue weighted by molar-refractivity contribution is -0.117. The number of ketones is 1. The molecule has 0 aliphatic rings. The zero-order chi connectivity index (χ0) is 16.4. The molecule has 1 heterocycles. The van der Waals surface area contributed by atoms with Gasteiger partial charge in [-0.05, 0) is 25.5 Å². The van der Waals surface area contributed by atoms with Gasteiger partial charge in [0.05, 0.1) is 11.6 Å². The van der Waals surface area contributed by atoms with Crippen molar-refractivity contribution in [3.8, 4) is 0 Å². The van der Waals surface area contributed by atoms with E-state index in [0.29, 0.717) is 11.3 Å². The fourth-order valence-electron chi connectivity index (χ4n) is 2.77. The lowest BCUT2D eigenvalue weighted by Gasteiger charge is -2.13. The number of aryl methyl sites for hydroxylation is 1. The number of rotatable bonds is 4. The maximum Gasteiger partial charge on any atom is 0.292 e. The monoisotopic (exact) mass is 306 g/mol. The third-order valence-electron chi connectivity index (χ3n) is 3.97. The number of Topliss-reactive ketones (excluding diaryl/α,β-unsaturated/α-hetero) is 1. The van der Waals surface area contributed by atoms with E-state index in [0.717, 1.165) is 16.5 Å². The molecule has 1 aromatic heterocycles. The molecule has 1 amide bonds. The van der Waals surface area contributed by atoms with Crippen LogP contribution in [0.5, 0.6) is 0 Å². The number of fused-ring (bicyclic) bond motifs is 1. The van der Waals surface area contributed by atoms with Crippen LogP contribution in [-0.4, -0.2) is 16.7 Å². The third kappa shape index (κ3) is 2.88. The Morgan fingerprint density at radius 1 is 1.00 bits per heavy atom. The molecule has 4 nitrogen and oxygen atoms in total. The molecule has 0 saturated carbocycles. The molecule has 1 atom stereocenters. The molecular weight excluding hydrogens is 288 g/mol. The number of aromatic amines is 1. The van der Waals surface area contributed by atoms with Gasteiger partial charge in [0.2, 0.25) is 0 Å². The second-order valence-electron chi connectivity index (χ2n) is 5.61. The predicted molar refractivity (Wildman–Crippen MR) is 90.4 cm³/mol. The van der Waals surface area contributed by atoms with E-state index >= 15 is 0 Å². The Labute approximate surface area is 134 Å². The van der Waals surface area contributed by atoms with Crippen molar-refractivity contribution >= 4 is 22.6 Å². The van der Waals surface area contributed by atoms with Gasteiger partial charge in [0, 0.05) is 16.6 Å². The Morgan fingerprint density at radius 2 is 1.65 bits per heavy atom. The summed E-state index contributed by atoms with van der Waals surface area (Å²) in [7, 11) is 0. The van der Waals surface area contributed by atoms with Gasteiger partial charge in [-0.1, -0.05) is 48.5 Å². The van der Waals surface area contributed by atoms with Gasteiger partial charge < -0.3 is 10.3 Å². The number of hydrogen-bond donors (Lipinski definition) is 2. The first-order chi connectivity index (χ1) is 11.1. The third-order valence-corrected chi connectivity index (χ3v) is 3.97. The van der Waals surface area contributed by atoms with Gasteiger partial charge in [0.15, 0.2) is 0 Å². The number of hydrogen-bond acceptors (Lipinski definition) is 2. The molecule has 3 aromatic rings. The van der Waals surface area contributed by atoms with Crippen LogP contribution in [0.2, 0.25) is 0 Å². The first-order valence-electron chi connectivity index (χ1n) is 7.55. The summed E-state index contributed by atoms with van der Waals surface area (Å²) in [6, 6.07) is 16.8. The quantitative estimate of drug-likeness (QED) is 0.572. The fraction of sp³-hybridized carbons (Fsp3) is 0.158. The van der Waals surface area contributed by atoms with Crippen molar-refractivity contribution in [1.29, 1.82) is 0 Å². The number of H-pyrrole nitrogens is 1. The molecule has 0 aliphatic carbocycles. The van der Waals surface area contributed by atoms with Crippen molar-refractivity contribution < 1.29 is 9.59 Å². The molecule has 4 heteroatoms. The lowest BCUT2D eigenvalue weighted by Crippen LogP contribution is -2.33. The van der Waals surface area contributed by atoms with E-state index < -0.39 is 11.7 Å². The first-order valence-corrected chi connectivity index (χ1v) is 7.55. The van der Waals surface area contributed by atoms with Gasteiger partial charge in [0.25, 0.3) is 11.7 Å². The molecule has 0 fully saturated rings. The molecule has 2 aromatic carbocycles. The first kappa shape index (κ1) is 15.0. The Morgan fingerprint density at radius 3 is 2.39 bits per heavy atom. The lowest BCUT2D eigenvalue weighted by atomic mass is 10.0. The van der Waals surface area contributed by atoms with Crippen LogP contribution in [0.3, 0.4) is 0 Å². The van der Waals surface area contributed by atoms with E-state index in [1.54, 1.807) is 6.92 Å². The summed E-state index contributed by atoms with van der Waals surface area (Å²) in [6.07, 6.45) is 0. The Kier molecular flexibility index (Phi) is 3.98. The average Bonchev–Trinajstić information content (AvgIpc) is 2.90. The van der Waals surface area contributed by atoms with E-state index in [1.165, 1.54) is 0 Å². The fourth-order valence-corrected chi connectivity index (χ4v) is 2.77. The molecule has 116 valence electrons. The normalized spacial score (nSPS) is 12.1. The van der Waals surface area contributed by atoms with Crippen LogP contribution in [0.1, 0.15) is 34.6 Å². The number of para-hydroxylation sites is 1. The summed E-state index contributed by atoms with van der Waals surface area (Å²) in [4.78, 5) is 28.1. The van der Waals surface area contributed by atoms with Gasteiger partial charge in [-0.25, -0.2) is 0 Å². The largest absolute Gasteiger partial charge is 0.358 e. The summed E-state index contributed by atoms with van der Waals surface area (Å²) in [6.45, 7) is 3.67. The van der Waals surface area contributed by atoms with E-state index in [-0.39, 0.29) is 6.04 Å². The summed E-state index contributed by atoms with van der Waals surface area (Å²) in [5.41, 5.74) is 2.97. The molecule has 0 spiro atoms. The van der Waals surface area contributed by atoms with Crippen LogP contribution in [0.25, 0.3) is 10.9 Å². The molecule has 0 saturated heterocycles. The number of nitrogens with one attached hydrogen (secondary N) is 2. The minimum absolute atomic E-state index is 0.224. The van der Waals surface area contributed by atoms with E-state index in [2.05, 4.69) is 10.3 Å². The Bertz CT molecular complexity index is 865. The van der Waals surface area contributed by atoms with Crippen molar-refractivity contribution in [2.24, 2.45) is 0 Å². The van der Waals surface area contributed by atoms with Crippen LogP contribution < -0.4 is 5.32 Å². The molecule has 2 N–H and O–H groups in total. The number of benzene rings is 2. The summed E-state index contributed by atoms with van der Waals surface area (Å²) < 4.78 is 0. The minimum atomic E-state index is -0.589. The molecular formula is C19H18N2O2. The maximum atomic E-state index is 12.6. The molecule has 0 radical (unpaired) electrons. The van der Waals surface area contributed by atoms with Crippen molar-refractivity contribution in [3.05, 3.63) is 71.4 Å². The van der Waals surface area contributed by atoms with E-state index in [4.69, 9.17) is 0 Å². The Hall–Kier alpha value is -2.88. The summed E-state index contributed by atoms with van der Waals surface area (Å²) in [5.74, 6) is -1.10. The summed E-state index contributed by atoms with van der Waals surface area (Å²) >= 11 is 0. The molecule has 0 unspecified atom stereocenters. The van der Waals surface area contributed by atoms with Crippen LogP contribution in [0.4, 0.5) is 0 Å². The zero-order valence-electron chi connectivity index (χ0n) is 13.1. The number of aromatic nitrogens is 1. The topological polar surface area (TPSA) is 62.0 Å². The molecule has 3 rings (SSSR count). The highest BCUT2D eigenvalue weighted by molar-refractivity contribution is 6.45. The molecule has 0 aliphatic heterocycles. The predicted octanol–water partition coefficient (Wildman–Crippen LogP) is 3.54. The highest BCUT2D eigenvalue weighted by Crippen LogP contribution is 2.22. The SMILES string of the molecule is Cc1[nH]c2ccccc2c1C(=O)C(=O)N[C@H](C)c1ccccc1. The highest BCUT2D eigenvalue weighted by atomic mass is 16.2. The van der Waals surface area contributed by atoms with Crippen LogP contribution in [-0.2, 0) is 4.79 Å². The van der Waals surface area contributed by atoms with Gasteiger partial charge in [-0.15, -0.1) is 0 Å². The van der Waals surface area contributed by atoms with Crippen molar-refractivity contribution in [2.45, 2.75) is 19.9 Å². The zero-order valence-corrected chi connectivity index (χ0v) is 13.1. The number of amides is 1. The van der Waals surface area contributed by atoms with Crippen molar-refractivity contribution in [2.75, 3.05) is 0 Å². The van der Waals surface area contributed by atoms with Gasteiger partial charge in [-0.2, -0.15) is 0 Å². The Balaban J connectivity index is 1.85. The van der Waals surface area contributed by atoms with Crippen LogP contribution in [0, 0.1) is 6.92 Å².